The molecule has 1 aliphatic rings. The van der Waals surface area contributed by atoms with Gasteiger partial charge >= 0.3 is 5.97 Å². The maximum Gasteiger partial charge on any atom is 0.347 e. The molecule has 0 aliphatic carbocycles. The van der Waals surface area contributed by atoms with Crippen LogP contribution in [0.1, 0.15) is 21.8 Å². The first-order valence-electron chi connectivity index (χ1n) is 5.55. The van der Waals surface area contributed by atoms with Crippen molar-refractivity contribution in [3.05, 3.63) is 10.6 Å². The Bertz CT molecular complexity index is 564. The van der Waals surface area contributed by atoms with Gasteiger partial charge in [0, 0.05) is 13.1 Å². The van der Waals surface area contributed by atoms with Crippen LogP contribution in [0.25, 0.3) is 0 Å². The molecule has 0 amide bonds. The largest absolute Gasteiger partial charge is 0.477 e. The number of aromatic nitrogens is 1. The molecule has 6 nitrogen and oxygen atoms in total. The number of anilines is 1. The van der Waals surface area contributed by atoms with E-state index in [4.69, 9.17) is 5.11 Å². The number of hydrogen-bond acceptors (Lipinski definition) is 6. The lowest BCUT2D eigenvalue weighted by Crippen LogP contribution is -2.26. The summed E-state index contributed by atoms with van der Waals surface area (Å²) in [5.74, 6) is -0.688. The van der Waals surface area contributed by atoms with Crippen LogP contribution < -0.4 is 4.90 Å². The first kappa shape index (κ1) is 13.3. The van der Waals surface area contributed by atoms with E-state index in [1.54, 1.807) is 6.92 Å². The highest BCUT2D eigenvalue weighted by Crippen LogP contribution is 2.27. The molecule has 1 aliphatic heterocycles. The lowest BCUT2D eigenvalue weighted by Gasteiger charge is -2.17. The molecule has 8 heteroatoms. The zero-order valence-corrected chi connectivity index (χ0v) is 11.6. The highest BCUT2D eigenvalue weighted by molar-refractivity contribution is 7.91. The van der Waals surface area contributed by atoms with Gasteiger partial charge in [-0.2, -0.15) is 0 Å². The normalized spacial score (nSPS) is 19.5. The molecule has 2 heterocycles. The number of carboxylic acid groups (broad SMARTS) is 1. The van der Waals surface area contributed by atoms with E-state index in [1.807, 2.05) is 4.90 Å². The summed E-state index contributed by atoms with van der Waals surface area (Å²) in [5, 5.41) is 9.57. The van der Waals surface area contributed by atoms with Gasteiger partial charge in [-0.25, -0.2) is 18.2 Å². The van der Waals surface area contributed by atoms with Crippen LogP contribution in [0, 0.1) is 6.92 Å². The summed E-state index contributed by atoms with van der Waals surface area (Å²) in [6.07, 6.45) is 0.559. The van der Waals surface area contributed by atoms with Crippen molar-refractivity contribution >= 4 is 32.3 Å². The van der Waals surface area contributed by atoms with Gasteiger partial charge in [0.15, 0.2) is 15.0 Å². The van der Waals surface area contributed by atoms with Crippen molar-refractivity contribution in [3.63, 3.8) is 0 Å². The molecule has 0 spiro atoms. The topological polar surface area (TPSA) is 87.6 Å². The molecule has 1 aromatic heterocycles. The van der Waals surface area contributed by atoms with Crippen LogP contribution in [0.2, 0.25) is 0 Å². The minimum absolute atomic E-state index is 0.105. The van der Waals surface area contributed by atoms with Crippen LogP contribution in [0.4, 0.5) is 5.13 Å². The van der Waals surface area contributed by atoms with Crippen molar-refractivity contribution in [1.29, 1.82) is 0 Å². The molecular weight excluding hydrogens is 276 g/mol. The Morgan fingerprint density at radius 2 is 2.11 bits per heavy atom. The Morgan fingerprint density at radius 3 is 2.72 bits per heavy atom. The third kappa shape index (κ3) is 2.81. The van der Waals surface area contributed by atoms with E-state index < -0.39 is 15.8 Å². The van der Waals surface area contributed by atoms with E-state index in [-0.39, 0.29) is 16.4 Å². The number of carboxylic acids is 1. The van der Waals surface area contributed by atoms with E-state index in [0.717, 1.165) is 11.3 Å². The molecule has 18 heavy (non-hydrogen) atoms. The second kappa shape index (κ2) is 4.85. The fraction of sp³-hybridized carbons (Fsp3) is 0.600. The molecule has 0 atom stereocenters. The smallest absolute Gasteiger partial charge is 0.347 e. The highest BCUT2D eigenvalue weighted by Gasteiger charge is 2.23. The first-order chi connectivity index (χ1) is 8.39. The second-order valence-corrected chi connectivity index (χ2v) is 7.49. The monoisotopic (exact) mass is 290 g/mol. The van der Waals surface area contributed by atoms with E-state index in [2.05, 4.69) is 4.98 Å². The summed E-state index contributed by atoms with van der Waals surface area (Å²) in [6.45, 7) is 2.64. The maximum absolute atomic E-state index is 11.5. The summed E-state index contributed by atoms with van der Waals surface area (Å²) in [6, 6.07) is 0. The number of thiazole rings is 1. The minimum atomic E-state index is -2.96. The average molecular weight is 290 g/mol. The van der Waals surface area contributed by atoms with Gasteiger partial charge in [-0.15, -0.1) is 0 Å². The van der Waals surface area contributed by atoms with Gasteiger partial charge in [0.1, 0.15) is 4.88 Å². The number of sulfone groups is 1. The minimum Gasteiger partial charge on any atom is -0.477 e. The molecule has 1 N–H and O–H groups in total. The van der Waals surface area contributed by atoms with Crippen LogP contribution in [0.3, 0.4) is 0 Å². The summed E-state index contributed by atoms with van der Waals surface area (Å²) in [4.78, 5) is 17.2. The molecule has 2 rings (SSSR count). The number of aromatic carboxylic acids is 1. The number of aryl methyl sites for hydroxylation is 1. The second-order valence-electron chi connectivity index (χ2n) is 4.21. The fourth-order valence-corrected chi connectivity index (χ4v) is 4.07. The van der Waals surface area contributed by atoms with Gasteiger partial charge in [0.05, 0.1) is 17.2 Å². The van der Waals surface area contributed by atoms with Gasteiger partial charge in [0.2, 0.25) is 0 Å². The Balaban J connectivity index is 2.22. The molecule has 1 aromatic rings. The zero-order chi connectivity index (χ0) is 13.3. The van der Waals surface area contributed by atoms with E-state index >= 15 is 0 Å². The Labute approximate surface area is 109 Å². The number of rotatable bonds is 2. The van der Waals surface area contributed by atoms with E-state index in [1.165, 1.54) is 0 Å². The van der Waals surface area contributed by atoms with Gasteiger partial charge in [-0.05, 0) is 13.3 Å². The third-order valence-corrected chi connectivity index (χ3v) is 5.73. The van der Waals surface area contributed by atoms with Crippen LogP contribution in [-0.2, 0) is 9.84 Å². The van der Waals surface area contributed by atoms with Gasteiger partial charge < -0.3 is 10.0 Å². The lowest BCUT2D eigenvalue weighted by atomic mass is 10.4. The quantitative estimate of drug-likeness (QED) is 0.866. The predicted molar refractivity (Wildman–Crippen MR) is 69.3 cm³/mol. The molecule has 1 saturated heterocycles. The molecule has 0 saturated carbocycles. The summed E-state index contributed by atoms with van der Waals surface area (Å²) >= 11 is 1.10. The van der Waals surface area contributed by atoms with Crippen LogP contribution >= 0.6 is 11.3 Å². The van der Waals surface area contributed by atoms with Crippen LogP contribution in [-0.4, -0.2) is 49.1 Å². The molecule has 0 aromatic carbocycles. The Kier molecular flexibility index (Phi) is 3.58. The zero-order valence-electron chi connectivity index (χ0n) is 9.92. The first-order valence-corrected chi connectivity index (χ1v) is 8.19. The molecule has 100 valence electrons. The van der Waals surface area contributed by atoms with Crippen molar-refractivity contribution in [2.24, 2.45) is 0 Å². The lowest BCUT2D eigenvalue weighted by molar-refractivity contribution is 0.0701. The Hall–Kier alpha value is -1.15. The number of carbonyl (C=O) groups is 1. The number of hydrogen-bond donors (Lipinski definition) is 1. The molecular formula is C10H14N2O4S2. The predicted octanol–water partition coefficient (Wildman–Crippen LogP) is 0.775. The van der Waals surface area contributed by atoms with Gasteiger partial charge in [-0.1, -0.05) is 11.3 Å². The van der Waals surface area contributed by atoms with Gasteiger partial charge in [0.25, 0.3) is 0 Å². The summed E-state index contributed by atoms with van der Waals surface area (Å²) in [7, 11) is -2.96. The number of nitrogens with zero attached hydrogens (tertiary/aromatic N) is 2. The SMILES string of the molecule is Cc1nc(N2CCCS(=O)(=O)CC2)sc1C(=O)O. The maximum atomic E-state index is 11.5. The van der Waals surface area contributed by atoms with Crippen LogP contribution in [0.15, 0.2) is 0 Å². The highest BCUT2D eigenvalue weighted by atomic mass is 32.2. The molecule has 1 fully saturated rings. The molecule has 0 bridgehead atoms. The van der Waals surface area contributed by atoms with Gasteiger partial charge in [-0.3, -0.25) is 0 Å². The fourth-order valence-electron chi connectivity index (χ4n) is 1.85. The molecule has 0 unspecified atom stereocenters. The van der Waals surface area contributed by atoms with Crippen molar-refractivity contribution in [1.82, 2.24) is 4.98 Å². The summed E-state index contributed by atoms with van der Waals surface area (Å²) in [5.41, 5.74) is 0.481. The molecule has 0 radical (unpaired) electrons. The summed E-state index contributed by atoms with van der Waals surface area (Å²) < 4.78 is 23.0. The van der Waals surface area contributed by atoms with E-state index in [9.17, 15) is 13.2 Å². The van der Waals surface area contributed by atoms with Crippen molar-refractivity contribution < 1.29 is 18.3 Å². The van der Waals surface area contributed by atoms with E-state index in [0.29, 0.717) is 30.3 Å². The van der Waals surface area contributed by atoms with Crippen LogP contribution in [0.5, 0.6) is 0 Å². The van der Waals surface area contributed by atoms with Crippen molar-refractivity contribution in [3.8, 4) is 0 Å². The van der Waals surface area contributed by atoms with Crippen molar-refractivity contribution in [2.45, 2.75) is 13.3 Å². The van der Waals surface area contributed by atoms with Crippen molar-refractivity contribution in [2.75, 3.05) is 29.5 Å². The average Bonchev–Trinajstić information content (AvgIpc) is 2.55. The standard InChI is InChI=1S/C10H14N2O4S2/c1-7-8(9(13)14)17-10(11-7)12-3-2-5-18(15,16)6-4-12/h2-6H2,1H3,(H,13,14). The Morgan fingerprint density at radius 1 is 1.39 bits per heavy atom. The third-order valence-electron chi connectivity index (χ3n) is 2.81.